The van der Waals surface area contributed by atoms with Crippen LogP contribution < -0.4 is 5.73 Å². The summed E-state index contributed by atoms with van der Waals surface area (Å²) in [5.41, 5.74) is 7.88. The van der Waals surface area contributed by atoms with Crippen LogP contribution in [0.15, 0.2) is 30.6 Å². The molecule has 2 aromatic rings. The first-order valence-corrected chi connectivity index (χ1v) is 5.88. The second-order valence-corrected chi connectivity index (χ2v) is 4.63. The van der Waals surface area contributed by atoms with Gasteiger partial charge in [0.2, 0.25) is 0 Å². The third-order valence-electron chi connectivity index (χ3n) is 2.61. The fourth-order valence-electron chi connectivity index (χ4n) is 1.80. The quantitative estimate of drug-likeness (QED) is 0.848. The molecule has 0 spiro atoms. The molecule has 4 heteroatoms. The number of aromatic nitrogens is 3. The lowest BCUT2D eigenvalue weighted by atomic mass is 10.0. The fraction of sp³-hybridized carbons (Fsp3) is 0.385. The molecule has 2 heterocycles. The van der Waals surface area contributed by atoms with Crippen molar-refractivity contribution in [3.8, 4) is 11.4 Å². The summed E-state index contributed by atoms with van der Waals surface area (Å²) in [6.07, 6.45) is 4.48. The molecule has 0 saturated heterocycles. The van der Waals surface area contributed by atoms with E-state index in [4.69, 9.17) is 5.73 Å². The predicted molar refractivity (Wildman–Crippen MR) is 68.2 cm³/mol. The van der Waals surface area contributed by atoms with Gasteiger partial charge in [-0.2, -0.15) is 0 Å². The van der Waals surface area contributed by atoms with E-state index in [0.717, 1.165) is 23.6 Å². The van der Waals surface area contributed by atoms with E-state index in [9.17, 15) is 0 Å². The highest BCUT2D eigenvalue weighted by molar-refractivity contribution is 5.52. The number of H-pyrrole nitrogens is 1. The van der Waals surface area contributed by atoms with Gasteiger partial charge in [-0.1, -0.05) is 19.9 Å². The number of nitrogens with two attached hydrogens (primary N) is 1. The van der Waals surface area contributed by atoms with Crippen LogP contribution in [0.5, 0.6) is 0 Å². The summed E-state index contributed by atoms with van der Waals surface area (Å²) < 4.78 is 0. The third kappa shape index (κ3) is 2.91. The minimum absolute atomic E-state index is 0.0348. The molecule has 0 radical (unpaired) electrons. The summed E-state index contributed by atoms with van der Waals surface area (Å²) in [4.78, 5) is 11.8. The Kier molecular flexibility index (Phi) is 3.54. The van der Waals surface area contributed by atoms with Gasteiger partial charge in [0.1, 0.15) is 5.82 Å². The Balaban J connectivity index is 2.16. The van der Waals surface area contributed by atoms with Gasteiger partial charge in [0.05, 0.1) is 23.6 Å². The van der Waals surface area contributed by atoms with Gasteiger partial charge in [-0.05, 0) is 24.5 Å². The largest absolute Gasteiger partial charge is 0.339 e. The van der Waals surface area contributed by atoms with E-state index in [1.165, 1.54) is 0 Å². The van der Waals surface area contributed by atoms with Crippen LogP contribution in [-0.2, 0) is 0 Å². The van der Waals surface area contributed by atoms with Crippen LogP contribution in [0, 0.1) is 5.92 Å². The molecule has 0 aliphatic rings. The highest BCUT2D eigenvalue weighted by Crippen LogP contribution is 2.19. The molecule has 3 N–H and O–H groups in total. The first-order chi connectivity index (χ1) is 8.16. The lowest BCUT2D eigenvalue weighted by molar-refractivity contribution is 0.496. The molecule has 0 saturated carbocycles. The Morgan fingerprint density at radius 2 is 2.12 bits per heavy atom. The molecule has 2 aromatic heterocycles. The predicted octanol–water partition coefficient (Wildman–Crippen LogP) is 2.52. The number of imidazole rings is 1. The molecule has 17 heavy (non-hydrogen) atoms. The van der Waals surface area contributed by atoms with E-state index in [1.807, 2.05) is 18.2 Å². The minimum Gasteiger partial charge on any atom is -0.339 e. The monoisotopic (exact) mass is 230 g/mol. The van der Waals surface area contributed by atoms with E-state index >= 15 is 0 Å². The van der Waals surface area contributed by atoms with Crippen molar-refractivity contribution in [2.24, 2.45) is 11.7 Å². The van der Waals surface area contributed by atoms with Crippen LogP contribution in [-0.4, -0.2) is 15.0 Å². The molecule has 2 rings (SSSR count). The number of pyridine rings is 1. The van der Waals surface area contributed by atoms with Gasteiger partial charge in [-0.15, -0.1) is 0 Å². The van der Waals surface area contributed by atoms with Gasteiger partial charge >= 0.3 is 0 Å². The first kappa shape index (κ1) is 11.8. The van der Waals surface area contributed by atoms with Gasteiger partial charge in [-0.25, -0.2) is 4.98 Å². The van der Waals surface area contributed by atoms with Gasteiger partial charge < -0.3 is 10.7 Å². The molecule has 0 aliphatic carbocycles. The summed E-state index contributed by atoms with van der Waals surface area (Å²) in [5.74, 6) is 1.40. The zero-order chi connectivity index (χ0) is 12.3. The molecule has 1 atom stereocenters. The van der Waals surface area contributed by atoms with Crippen LogP contribution >= 0.6 is 0 Å². The topological polar surface area (TPSA) is 67.6 Å². The van der Waals surface area contributed by atoms with E-state index < -0.39 is 0 Å². The molecule has 90 valence electrons. The molecular weight excluding hydrogens is 212 g/mol. The second-order valence-electron chi connectivity index (χ2n) is 4.63. The summed E-state index contributed by atoms with van der Waals surface area (Å²) in [6, 6.07) is 5.76. The number of nitrogens with one attached hydrogen (secondary N) is 1. The average molecular weight is 230 g/mol. The SMILES string of the molecule is CC(C)CC(N)c1ncc(-c2ccccn2)[nH]1. The van der Waals surface area contributed by atoms with Crippen molar-refractivity contribution in [2.75, 3.05) is 0 Å². The number of hydrogen-bond donors (Lipinski definition) is 2. The van der Waals surface area contributed by atoms with Gasteiger partial charge in [0, 0.05) is 6.20 Å². The zero-order valence-corrected chi connectivity index (χ0v) is 10.2. The summed E-state index contributed by atoms with van der Waals surface area (Å²) >= 11 is 0. The van der Waals surface area contributed by atoms with Crippen molar-refractivity contribution >= 4 is 0 Å². The molecular formula is C13H18N4. The maximum absolute atomic E-state index is 6.07. The highest BCUT2D eigenvalue weighted by Gasteiger charge is 2.12. The Morgan fingerprint density at radius 3 is 2.76 bits per heavy atom. The lowest BCUT2D eigenvalue weighted by Crippen LogP contribution is -2.14. The van der Waals surface area contributed by atoms with Crippen LogP contribution in [0.4, 0.5) is 0 Å². The molecule has 0 fully saturated rings. The van der Waals surface area contributed by atoms with Gasteiger partial charge in [0.25, 0.3) is 0 Å². The first-order valence-electron chi connectivity index (χ1n) is 5.88. The molecule has 0 aromatic carbocycles. The Labute approximate surface area is 101 Å². The lowest BCUT2D eigenvalue weighted by Gasteiger charge is -2.10. The van der Waals surface area contributed by atoms with Crippen LogP contribution in [0.25, 0.3) is 11.4 Å². The molecule has 4 nitrogen and oxygen atoms in total. The second kappa shape index (κ2) is 5.10. The Morgan fingerprint density at radius 1 is 1.29 bits per heavy atom. The molecule has 0 bridgehead atoms. The Hall–Kier alpha value is -1.68. The highest BCUT2D eigenvalue weighted by atomic mass is 15.0. The molecule has 0 amide bonds. The van der Waals surface area contributed by atoms with Crippen LogP contribution in [0.1, 0.15) is 32.1 Å². The number of nitrogens with zero attached hydrogens (tertiary/aromatic N) is 2. The minimum atomic E-state index is -0.0348. The molecule has 0 aliphatic heterocycles. The summed E-state index contributed by atoms with van der Waals surface area (Å²) in [5, 5.41) is 0. The van der Waals surface area contributed by atoms with Crippen molar-refractivity contribution in [3.05, 3.63) is 36.4 Å². The zero-order valence-electron chi connectivity index (χ0n) is 10.2. The summed E-state index contributed by atoms with van der Waals surface area (Å²) in [7, 11) is 0. The van der Waals surface area contributed by atoms with Crippen molar-refractivity contribution in [2.45, 2.75) is 26.3 Å². The number of rotatable bonds is 4. The summed E-state index contributed by atoms with van der Waals surface area (Å²) in [6.45, 7) is 4.31. The van der Waals surface area contributed by atoms with Gasteiger partial charge in [-0.3, -0.25) is 4.98 Å². The van der Waals surface area contributed by atoms with Crippen molar-refractivity contribution in [1.82, 2.24) is 15.0 Å². The maximum atomic E-state index is 6.07. The third-order valence-corrected chi connectivity index (χ3v) is 2.61. The van der Waals surface area contributed by atoms with E-state index in [-0.39, 0.29) is 6.04 Å². The standard InChI is InChI=1S/C13H18N4/c1-9(2)7-10(14)13-16-8-12(17-13)11-5-3-4-6-15-11/h3-6,8-10H,7,14H2,1-2H3,(H,16,17). The van der Waals surface area contributed by atoms with E-state index in [0.29, 0.717) is 5.92 Å². The normalized spacial score (nSPS) is 12.9. The number of aromatic amines is 1. The van der Waals surface area contributed by atoms with Crippen molar-refractivity contribution in [1.29, 1.82) is 0 Å². The van der Waals surface area contributed by atoms with Gasteiger partial charge in [0.15, 0.2) is 0 Å². The fourth-order valence-corrected chi connectivity index (χ4v) is 1.80. The van der Waals surface area contributed by atoms with Crippen molar-refractivity contribution < 1.29 is 0 Å². The maximum Gasteiger partial charge on any atom is 0.123 e. The van der Waals surface area contributed by atoms with E-state index in [2.05, 4.69) is 28.8 Å². The van der Waals surface area contributed by atoms with Crippen LogP contribution in [0.2, 0.25) is 0 Å². The van der Waals surface area contributed by atoms with Crippen LogP contribution in [0.3, 0.4) is 0 Å². The van der Waals surface area contributed by atoms with E-state index in [1.54, 1.807) is 12.4 Å². The Bertz CT molecular complexity index is 461. The molecule has 1 unspecified atom stereocenters. The van der Waals surface area contributed by atoms with Crippen molar-refractivity contribution in [3.63, 3.8) is 0 Å². The number of hydrogen-bond acceptors (Lipinski definition) is 3. The smallest absolute Gasteiger partial charge is 0.123 e. The average Bonchev–Trinajstić information content (AvgIpc) is 2.78.